The zero-order valence-corrected chi connectivity index (χ0v) is 17.0. The van der Waals surface area contributed by atoms with E-state index in [2.05, 4.69) is 10.5 Å². The molecule has 2 heterocycles. The van der Waals surface area contributed by atoms with Crippen LogP contribution in [-0.2, 0) is 6.18 Å². The van der Waals surface area contributed by atoms with E-state index in [0.717, 1.165) is 12.1 Å². The molecule has 31 heavy (non-hydrogen) atoms. The number of benzene rings is 2. The van der Waals surface area contributed by atoms with Crippen LogP contribution >= 0.6 is 11.6 Å². The summed E-state index contributed by atoms with van der Waals surface area (Å²) in [6.07, 6.45) is -3.08. The number of ether oxygens (including phenoxy) is 1. The van der Waals surface area contributed by atoms with Crippen molar-refractivity contribution in [2.75, 3.05) is 18.4 Å². The largest absolute Gasteiger partial charge is 0.484 e. The molecule has 2 amide bonds. The van der Waals surface area contributed by atoms with E-state index in [9.17, 15) is 23.2 Å². The maximum absolute atomic E-state index is 12.7. The Labute approximate surface area is 181 Å². The van der Waals surface area contributed by atoms with Crippen molar-refractivity contribution in [2.45, 2.75) is 31.0 Å². The summed E-state index contributed by atoms with van der Waals surface area (Å²) in [5.41, 5.74) is -0.0256. The normalized spacial score (nSPS) is 19.1. The van der Waals surface area contributed by atoms with E-state index in [1.807, 2.05) is 0 Å². The summed E-state index contributed by atoms with van der Waals surface area (Å²) >= 11 is 6.27. The number of fused-ring (bicyclic) bond motifs is 1. The van der Waals surface area contributed by atoms with Gasteiger partial charge in [-0.05, 0) is 36.4 Å². The van der Waals surface area contributed by atoms with Gasteiger partial charge < -0.3 is 20.2 Å². The van der Waals surface area contributed by atoms with Crippen molar-refractivity contribution < 1.29 is 27.9 Å². The zero-order chi connectivity index (χ0) is 22.2. The van der Waals surface area contributed by atoms with Gasteiger partial charge in [0.15, 0.2) is 0 Å². The van der Waals surface area contributed by atoms with E-state index in [4.69, 9.17) is 16.3 Å². The lowest BCUT2D eigenvalue weighted by molar-refractivity contribution is -0.137. The summed E-state index contributed by atoms with van der Waals surface area (Å²) in [7, 11) is 0. The molecule has 2 aromatic carbocycles. The average Bonchev–Trinajstić information content (AvgIpc) is 2.74. The standard InChI is InChI=1S/C21H19ClF3N3O3/c22-16-3-1-2-15-17(27-30)12-20(31-18(15)16)8-10-28(11-9-20)19(29)26-14-6-4-13(5-7-14)21(23,24)25/h1-7,30H,8-12H2,(H,26,29)/b27-17+. The Bertz CT molecular complexity index is 1020. The van der Waals surface area contributed by atoms with E-state index >= 15 is 0 Å². The maximum atomic E-state index is 12.7. The summed E-state index contributed by atoms with van der Waals surface area (Å²) in [6.45, 7) is 0.732. The van der Waals surface area contributed by atoms with E-state index in [0.29, 0.717) is 54.4 Å². The van der Waals surface area contributed by atoms with Crippen LogP contribution < -0.4 is 10.1 Å². The molecular formula is C21H19ClF3N3O3. The Kier molecular flexibility index (Phi) is 5.47. The highest BCUT2D eigenvalue weighted by molar-refractivity contribution is 6.33. The lowest BCUT2D eigenvalue weighted by Crippen LogP contribution is -2.53. The second-order valence-electron chi connectivity index (χ2n) is 7.62. The average molecular weight is 454 g/mol. The molecular weight excluding hydrogens is 435 g/mol. The molecule has 0 aromatic heterocycles. The van der Waals surface area contributed by atoms with Crippen LogP contribution in [0.25, 0.3) is 0 Å². The van der Waals surface area contributed by atoms with E-state index in [-0.39, 0.29) is 5.69 Å². The van der Waals surface area contributed by atoms with Crippen LogP contribution in [0.15, 0.2) is 47.6 Å². The third kappa shape index (κ3) is 4.27. The number of para-hydroxylation sites is 1. The number of anilines is 1. The Hall–Kier alpha value is -2.94. The quantitative estimate of drug-likeness (QED) is 0.449. The lowest BCUT2D eigenvalue weighted by atomic mass is 9.82. The molecule has 2 aliphatic rings. The number of nitrogens with one attached hydrogen (secondary N) is 1. The summed E-state index contributed by atoms with van der Waals surface area (Å²) in [6, 6.07) is 9.11. The van der Waals surface area contributed by atoms with Gasteiger partial charge in [0, 0.05) is 43.6 Å². The number of hydrogen-bond acceptors (Lipinski definition) is 4. The number of halogens is 4. The first-order chi connectivity index (χ1) is 14.7. The molecule has 10 heteroatoms. The maximum Gasteiger partial charge on any atom is 0.416 e. The number of amides is 2. The molecule has 1 fully saturated rings. The van der Waals surface area contributed by atoms with Gasteiger partial charge in [-0.1, -0.05) is 22.8 Å². The molecule has 0 unspecified atom stereocenters. The second-order valence-corrected chi connectivity index (χ2v) is 8.02. The topological polar surface area (TPSA) is 74.2 Å². The van der Waals surface area contributed by atoms with Gasteiger partial charge >= 0.3 is 12.2 Å². The SMILES string of the molecule is O=C(Nc1ccc(C(F)(F)F)cc1)N1CCC2(CC1)C/C(=N\O)c1cccc(Cl)c1O2. The number of alkyl halides is 3. The molecule has 0 bridgehead atoms. The number of carbonyl (C=O) groups is 1. The monoisotopic (exact) mass is 453 g/mol. The molecule has 0 atom stereocenters. The zero-order valence-electron chi connectivity index (χ0n) is 16.2. The first-order valence-corrected chi connectivity index (χ1v) is 10.0. The van der Waals surface area contributed by atoms with Gasteiger partial charge in [-0.2, -0.15) is 13.2 Å². The third-order valence-electron chi connectivity index (χ3n) is 5.63. The molecule has 0 aliphatic carbocycles. The molecule has 0 radical (unpaired) electrons. The summed E-state index contributed by atoms with van der Waals surface area (Å²) < 4.78 is 44.3. The number of piperidine rings is 1. The fraction of sp³-hybridized carbons (Fsp3) is 0.333. The predicted molar refractivity (Wildman–Crippen MR) is 109 cm³/mol. The summed E-state index contributed by atoms with van der Waals surface area (Å²) in [5.74, 6) is 0.464. The molecule has 1 spiro atoms. The van der Waals surface area contributed by atoms with Crippen LogP contribution in [0, 0.1) is 0 Å². The molecule has 4 rings (SSSR count). The minimum atomic E-state index is -4.43. The van der Waals surface area contributed by atoms with Gasteiger partial charge in [-0.25, -0.2) is 4.79 Å². The summed E-state index contributed by atoms with van der Waals surface area (Å²) in [4.78, 5) is 14.1. The Morgan fingerprint density at radius 3 is 2.45 bits per heavy atom. The number of nitrogens with zero attached hydrogens (tertiary/aromatic N) is 2. The van der Waals surface area contributed by atoms with Crippen LogP contribution in [0.2, 0.25) is 5.02 Å². The van der Waals surface area contributed by atoms with Gasteiger partial charge in [0.1, 0.15) is 11.4 Å². The van der Waals surface area contributed by atoms with Crippen molar-refractivity contribution >= 4 is 29.0 Å². The Morgan fingerprint density at radius 1 is 1.16 bits per heavy atom. The van der Waals surface area contributed by atoms with Crippen molar-refractivity contribution in [3.05, 3.63) is 58.6 Å². The van der Waals surface area contributed by atoms with E-state index in [1.165, 1.54) is 12.1 Å². The van der Waals surface area contributed by atoms with Crippen molar-refractivity contribution in [1.29, 1.82) is 0 Å². The van der Waals surface area contributed by atoms with E-state index < -0.39 is 23.4 Å². The number of carbonyl (C=O) groups excluding carboxylic acids is 1. The van der Waals surface area contributed by atoms with Crippen molar-refractivity contribution in [3.8, 4) is 5.75 Å². The molecule has 2 N–H and O–H groups in total. The van der Waals surface area contributed by atoms with Gasteiger partial charge in [-0.3, -0.25) is 0 Å². The number of urea groups is 1. The number of oxime groups is 1. The van der Waals surface area contributed by atoms with Crippen molar-refractivity contribution in [1.82, 2.24) is 4.90 Å². The fourth-order valence-electron chi connectivity index (χ4n) is 3.92. The number of likely N-dealkylation sites (tertiary alicyclic amines) is 1. The molecule has 2 aromatic rings. The molecule has 0 saturated carbocycles. The number of rotatable bonds is 1. The third-order valence-corrected chi connectivity index (χ3v) is 5.93. The Balaban J connectivity index is 1.42. The van der Waals surface area contributed by atoms with E-state index in [1.54, 1.807) is 23.1 Å². The highest BCUT2D eigenvalue weighted by Crippen LogP contribution is 2.43. The van der Waals surface area contributed by atoms with Gasteiger partial charge in [0.2, 0.25) is 0 Å². The minimum Gasteiger partial charge on any atom is -0.484 e. The van der Waals surface area contributed by atoms with Gasteiger partial charge in [0.25, 0.3) is 0 Å². The first-order valence-electron chi connectivity index (χ1n) is 9.63. The van der Waals surface area contributed by atoms with Gasteiger partial charge in [-0.15, -0.1) is 0 Å². The highest BCUT2D eigenvalue weighted by Gasteiger charge is 2.43. The van der Waals surface area contributed by atoms with Crippen LogP contribution in [0.1, 0.15) is 30.4 Å². The van der Waals surface area contributed by atoms with Crippen LogP contribution in [0.4, 0.5) is 23.7 Å². The number of hydrogen-bond donors (Lipinski definition) is 2. The predicted octanol–water partition coefficient (Wildman–Crippen LogP) is 5.39. The van der Waals surface area contributed by atoms with Crippen molar-refractivity contribution in [2.24, 2.45) is 5.16 Å². The fourth-order valence-corrected chi connectivity index (χ4v) is 4.14. The first kappa shape index (κ1) is 21.3. The minimum absolute atomic E-state index is 0.280. The molecule has 164 valence electrons. The molecule has 1 saturated heterocycles. The van der Waals surface area contributed by atoms with Crippen LogP contribution in [-0.4, -0.2) is 40.5 Å². The van der Waals surface area contributed by atoms with Crippen LogP contribution in [0.5, 0.6) is 5.75 Å². The molecule has 2 aliphatic heterocycles. The Morgan fingerprint density at radius 2 is 1.84 bits per heavy atom. The van der Waals surface area contributed by atoms with Crippen molar-refractivity contribution in [3.63, 3.8) is 0 Å². The smallest absolute Gasteiger partial charge is 0.416 e. The highest BCUT2D eigenvalue weighted by atomic mass is 35.5. The van der Waals surface area contributed by atoms with Gasteiger partial charge in [0.05, 0.1) is 16.3 Å². The second kappa shape index (κ2) is 7.96. The lowest BCUT2D eigenvalue weighted by Gasteiger charge is -2.44. The molecule has 6 nitrogen and oxygen atoms in total. The summed E-state index contributed by atoms with van der Waals surface area (Å²) in [5, 5.41) is 15.9. The van der Waals surface area contributed by atoms with Crippen LogP contribution in [0.3, 0.4) is 0 Å².